The van der Waals surface area contributed by atoms with Crippen molar-refractivity contribution >= 4 is 29.3 Å². The normalized spacial score (nSPS) is 28.9. The number of likely N-dealkylation sites (N-methyl/N-ethyl adjacent to an activating group) is 1. The first-order valence-electron chi connectivity index (χ1n) is 9.15. The van der Waals surface area contributed by atoms with E-state index in [0.29, 0.717) is 17.9 Å². The maximum atomic E-state index is 13.5. The van der Waals surface area contributed by atoms with E-state index >= 15 is 0 Å². The number of benzene rings is 1. The Morgan fingerprint density at radius 3 is 2.86 bits per heavy atom. The average Bonchev–Trinajstić information content (AvgIpc) is 3.30. The number of rotatable bonds is 7. The molecule has 8 nitrogen and oxygen atoms in total. The smallest absolute Gasteiger partial charge is 0.269 e. The van der Waals surface area contributed by atoms with E-state index in [1.54, 1.807) is 12.1 Å². The topological polar surface area (TPSA) is 114 Å². The highest BCUT2D eigenvalue weighted by atomic mass is 35.5. The molecule has 0 radical (unpaired) electrons. The second-order valence-corrected chi connectivity index (χ2v) is 9.16. The Morgan fingerprint density at radius 1 is 1.55 bits per heavy atom. The lowest BCUT2D eigenvalue weighted by Crippen LogP contribution is -2.44. The van der Waals surface area contributed by atoms with Gasteiger partial charge in [0.15, 0.2) is 0 Å². The molecule has 1 aliphatic carbocycles. The number of thioether (sulfide) groups is 1. The first-order valence-corrected chi connectivity index (χ1v) is 10.5. The second kappa shape index (κ2) is 8.86. The Bertz CT molecular complexity index is 819. The summed E-state index contributed by atoms with van der Waals surface area (Å²) in [6.07, 6.45) is 2.52. The van der Waals surface area contributed by atoms with Gasteiger partial charge in [0.25, 0.3) is 5.91 Å². The van der Waals surface area contributed by atoms with Crippen molar-refractivity contribution in [3.05, 3.63) is 56.5 Å². The standard InChI is InChI=1S/C18H23ClFN5O3S/c1-9-18(29-16(22-9)5-10-3-12(19)8-13(20)4-10)23-17(26)15(24(2)21)7-11-6-14(11)25(27)28/h3-4,7-9,11,14,16,18,22H,5-6,21H2,1-2H3,(H,23,26)/b15-7-. The number of hydrazine groups is 1. The molecule has 1 amide bonds. The van der Waals surface area contributed by atoms with E-state index in [2.05, 4.69) is 10.6 Å². The Morgan fingerprint density at radius 2 is 2.28 bits per heavy atom. The van der Waals surface area contributed by atoms with Crippen LogP contribution in [0, 0.1) is 21.8 Å². The third-order valence-electron chi connectivity index (χ3n) is 4.89. The number of hydrogen-bond acceptors (Lipinski definition) is 7. The molecule has 0 bridgehead atoms. The molecule has 2 fully saturated rings. The van der Waals surface area contributed by atoms with Crippen molar-refractivity contribution in [3.63, 3.8) is 0 Å². The Labute approximate surface area is 177 Å². The van der Waals surface area contributed by atoms with E-state index in [1.165, 1.54) is 36.0 Å². The quantitative estimate of drug-likeness (QED) is 0.255. The highest BCUT2D eigenvalue weighted by Gasteiger charge is 2.47. The fourth-order valence-corrected chi connectivity index (χ4v) is 4.97. The van der Waals surface area contributed by atoms with E-state index in [0.717, 1.165) is 5.56 Å². The van der Waals surface area contributed by atoms with Gasteiger partial charge in [-0.15, -0.1) is 11.8 Å². The minimum atomic E-state index is -0.651. The number of nitrogens with one attached hydrogen (secondary N) is 2. The lowest BCUT2D eigenvalue weighted by atomic mass is 10.1. The third kappa shape index (κ3) is 5.59. The molecule has 2 aliphatic rings. The summed E-state index contributed by atoms with van der Waals surface area (Å²) in [4.78, 5) is 23.2. The summed E-state index contributed by atoms with van der Waals surface area (Å²) in [5.41, 5.74) is 0.966. The largest absolute Gasteiger partial charge is 0.337 e. The Balaban J connectivity index is 1.61. The van der Waals surface area contributed by atoms with Crippen molar-refractivity contribution in [1.29, 1.82) is 0 Å². The van der Waals surface area contributed by atoms with E-state index in [4.69, 9.17) is 17.4 Å². The zero-order valence-corrected chi connectivity index (χ0v) is 17.5. The van der Waals surface area contributed by atoms with Gasteiger partial charge in [0.05, 0.1) is 16.7 Å². The average molecular weight is 444 g/mol. The van der Waals surface area contributed by atoms with Crippen LogP contribution in [-0.4, -0.2) is 45.7 Å². The molecule has 0 spiro atoms. The number of nitro groups is 1. The summed E-state index contributed by atoms with van der Waals surface area (Å²) in [6.45, 7) is 1.94. The molecule has 1 aromatic rings. The van der Waals surface area contributed by atoms with Gasteiger partial charge in [0.1, 0.15) is 11.5 Å². The lowest BCUT2D eigenvalue weighted by molar-refractivity contribution is -0.497. The molecule has 0 aromatic heterocycles. The number of hydrogen-bond donors (Lipinski definition) is 3. The van der Waals surface area contributed by atoms with Crippen LogP contribution in [0.1, 0.15) is 18.9 Å². The van der Waals surface area contributed by atoms with Crippen LogP contribution in [0.15, 0.2) is 30.0 Å². The van der Waals surface area contributed by atoms with Crippen LogP contribution in [0.25, 0.3) is 0 Å². The minimum Gasteiger partial charge on any atom is -0.337 e. The predicted octanol–water partition coefficient (Wildman–Crippen LogP) is 1.87. The van der Waals surface area contributed by atoms with E-state index in [1.807, 2.05) is 6.92 Å². The van der Waals surface area contributed by atoms with Crippen molar-refractivity contribution in [2.45, 2.75) is 42.6 Å². The first-order chi connectivity index (χ1) is 13.6. The summed E-state index contributed by atoms with van der Waals surface area (Å²) >= 11 is 7.43. The maximum absolute atomic E-state index is 13.5. The number of nitrogens with zero attached hydrogens (tertiary/aromatic N) is 2. The molecule has 3 rings (SSSR count). The number of nitrogens with two attached hydrogens (primary N) is 1. The summed E-state index contributed by atoms with van der Waals surface area (Å²) in [5.74, 6) is 4.71. The molecule has 4 N–H and O–H groups in total. The highest BCUT2D eigenvalue weighted by molar-refractivity contribution is 8.00. The van der Waals surface area contributed by atoms with Crippen LogP contribution < -0.4 is 16.5 Å². The maximum Gasteiger partial charge on any atom is 0.269 e. The van der Waals surface area contributed by atoms with Gasteiger partial charge in [-0.25, -0.2) is 10.2 Å². The van der Waals surface area contributed by atoms with Crippen LogP contribution in [0.4, 0.5) is 4.39 Å². The van der Waals surface area contributed by atoms with Crippen LogP contribution in [0.3, 0.4) is 0 Å². The highest BCUT2D eigenvalue weighted by Crippen LogP contribution is 2.35. The van der Waals surface area contributed by atoms with Crippen LogP contribution in [0.2, 0.25) is 5.02 Å². The molecule has 11 heteroatoms. The van der Waals surface area contributed by atoms with Crippen LogP contribution in [0.5, 0.6) is 0 Å². The van der Waals surface area contributed by atoms with E-state index in [-0.39, 0.29) is 45.1 Å². The summed E-state index contributed by atoms with van der Waals surface area (Å²) in [7, 11) is 1.52. The fraction of sp³-hybridized carbons (Fsp3) is 0.500. The number of carbonyl (C=O) groups is 1. The molecule has 5 atom stereocenters. The Kier molecular flexibility index (Phi) is 6.67. The van der Waals surface area contributed by atoms with Crippen LogP contribution in [-0.2, 0) is 11.2 Å². The molecule has 1 aliphatic heterocycles. The van der Waals surface area contributed by atoms with Gasteiger partial charge in [-0.3, -0.25) is 20.2 Å². The van der Waals surface area contributed by atoms with Gasteiger partial charge in [0.2, 0.25) is 6.04 Å². The van der Waals surface area contributed by atoms with Gasteiger partial charge in [-0.1, -0.05) is 11.6 Å². The predicted molar refractivity (Wildman–Crippen MR) is 110 cm³/mol. The molecule has 1 heterocycles. The van der Waals surface area contributed by atoms with Crippen molar-refractivity contribution in [3.8, 4) is 0 Å². The molecule has 5 unspecified atom stereocenters. The van der Waals surface area contributed by atoms with Gasteiger partial charge in [-0.2, -0.15) is 0 Å². The zero-order chi connectivity index (χ0) is 21.3. The molecule has 1 saturated carbocycles. The van der Waals surface area contributed by atoms with Crippen molar-refractivity contribution < 1.29 is 14.1 Å². The monoisotopic (exact) mass is 443 g/mol. The van der Waals surface area contributed by atoms with Crippen molar-refractivity contribution in [1.82, 2.24) is 15.6 Å². The SMILES string of the molecule is CC1NC(Cc2cc(F)cc(Cl)c2)SC1NC(=O)/C(=C/C1CC1[N+](=O)[O-])N(C)N. The first kappa shape index (κ1) is 21.8. The number of amides is 1. The summed E-state index contributed by atoms with van der Waals surface area (Å²) in [6, 6.07) is 3.73. The van der Waals surface area contributed by atoms with Gasteiger partial charge in [-0.05, 0) is 43.2 Å². The summed E-state index contributed by atoms with van der Waals surface area (Å²) in [5, 5.41) is 18.4. The van der Waals surface area contributed by atoms with Gasteiger partial charge >= 0.3 is 0 Å². The molecular weight excluding hydrogens is 421 g/mol. The zero-order valence-electron chi connectivity index (χ0n) is 16.0. The summed E-state index contributed by atoms with van der Waals surface area (Å²) < 4.78 is 13.5. The third-order valence-corrected chi connectivity index (χ3v) is 6.56. The Hall–Kier alpha value is -1.88. The van der Waals surface area contributed by atoms with Gasteiger partial charge < -0.3 is 10.3 Å². The molecule has 1 aromatic carbocycles. The lowest BCUT2D eigenvalue weighted by Gasteiger charge is -2.20. The van der Waals surface area contributed by atoms with Gasteiger partial charge in [0, 0.05) is 29.5 Å². The molecule has 29 heavy (non-hydrogen) atoms. The fourth-order valence-electron chi connectivity index (χ4n) is 3.30. The van der Waals surface area contributed by atoms with Crippen molar-refractivity contribution in [2.24, 2.45) is 11.8 Å². The molecule has 158 valence electrons. The number of carbonyl (C=O) groups excluding carboxylic acids is 1. The van der Waals surface area contributed by atoms with Crippen molar-refractivity contribution in [2.75, 3.05) is 7.05 Å². The number of halogens is 2. The van der Waals surface area contributed by atoms with E-state index < -0.39 is 6.04 Å². The second-order valence-electron chi connectivity index (χ2n) is 7.37. The molecular formula is C18H23ClFN5O3S. The minimum absolute atomic E-state index is 0.0292. The van der Waals surface area contributed by atoms with Crippen LogP contribution >= 0.6 is 23.4 Å². The van der Waals surface area contributed by atoms with E-state index in [9.17, 15) is 19.3 Å². The molecule has 1 saturated heterocycles.